The maximum absolute atomic E-state index is 10.8. The summed E-state index contributed by atoms with van der Waals surface area (Å²) in [5.41, 5.74) is 5.90. The summed E-state index contributed by atoms with van der Waals surface area (Å²) >= 11 is 0. The lowest BCUT2D eigenvalue weighted by Gasteiger charge is -2.07. The molecule has 0 aliphatic rings. The first-order valence-corrected chi connectivity index (χ1v) is 7.27. The number of rotatable bonds is 4. The molecule has 3 aromatic rings. The second kappa shape index (κ2) is 6.32. The highest BCUT2D eigenvalue weighted by Crippen LogP contribution is 2.19. The molecule has 0 aliphatic carbocycles. The highest BCUT2D eigenvalue weighted by Gasteiger charge is 2.04. The van der Waals surface area contributed by atoms with Gasteiger partial charge in [0.1, 0.15) is 0 Å². The molecule has 0 bridgehead atoms. The summed E-state index contributed by atoms with van der Waals surface area (Å²) in [4.78, 5) is 10.8. The van der Waals surface area contributed by atoms with Crippen molar-refractivity contribution in [3.8, 4) is 0 Å². The second-order valence-electron chi connectivity index (χ2n) is 5.22. The highest BCUT2D eigenvalue weighted by molar-refractivity contribution is 6.09. The van der Waals surface area contributed by atoms with E-state index in [0.29, 0.717) is 0 Å². The lowest BCUT2D eigenvalue weighted by atomic mass is 10.0. The van der Waals surface area contributed by atoms with Crippen LogP contribution >= 0.6 is 0 Å². The zero-order chi connectivity index (χ0) is 16.2. The van der Waals surface area contributed by atoms with Gasteiger partial charge in [0.25, 0.3) is 0 Å². The van der Waals surface area contributed by atoms with E-state index in [1.807, 2.05) is 31.2 Å². The quantitative estimate of drug-likeness (QED) is 0.555. The lowest BCUT2D eigenvalue weighted by molar-refractivity contribution is 0.0697. The summed E-state index contributed by atoms with van der Waals surface area (Å²) < 4.78 is 0. The Balaban J connectivity index is 1.85. The molecule has 0 fully saturated rings. The third kappa shape index (κ3) is 3.21. The third-order valence-electron chi connectivity index (χ3n) is 3.66. The first-order chi connectivity index (χ1) is 11.1. The van der Waals surface area contributed by atoms with Gasteiger partial charge >= 0.3 is 5.97 Å². The largest absolute Gasteiger partial charge is 0.478 e. The summed E-state index contributed by atoms with van der Waals surface area (Å²) in [6.07, 6.45) is 0. The van der Waals surface area contributed by atoms with Crippen LogP contribution in [0.15, 0.2) is 71.8 Å². The third-order valence-corrected chi connectivity index (χ3v) is 3.66. The Morgan fingerprint density at radius 2 is 1.65 bits per heavy atom. The van der Waals surface area contributed by atoms with Crippen LogP contribution in [-0.4, -0.2) is 16.8 Å². The minimum atomic E-state index is -0.938. The molecular formula is C19H16N2O2. The number of hydrogen-bond donors (Lipinski definition) is 2. The van der Waals surface area contributed by atoms with Crippen LogP contribution in [-0.2, 0) is 0 Å². The Morgan fingerprint density at radius 1 is 0.957 bits per heavy atom. The molecular weight excluding hydrogens is 288 g/mol. The van der Waals surface area contributed by atoms with Gasteiger partial charge < -0.3 is 5.11 Å². The maximum Gasteiger partial charge on any atom is 0.335 e. The fourth-order valence-corrected chi connectivity index (χ4v) is 2.44. The fraction of sp³-hybridized carbons (Fsp3) is 0.0526. The van der Waals surface area contributed by atoms with Crippen LogP contribution in [0.4, 0.5) is 5.69 Å². The number of carboxylic acid groups (broad SMARTS) is 1. The smallest absolute Gasteiger partial charge is 0.335 e. The Labute approximate surface area is 134 Å². The Kier molecular flexibility index (Phi) is 4.06. The zero-order valence-corrected chi connectivity index (χ0v) is 12.7. The summed E-state index contributed by atoms with van der Waals surface area (Å²) in [5, 5.41) is 15.6. The van der Waals surface area contributed by atoms with Crippen molar-refractivity contribution in [3.05, 3.63) is 77.9 Å². The number of nitrogens with one attached hydrogen (secondary N) is 1. The van der Waals surface area contributed by atoms with E-state index >= 15 is 0 Å². The van der Waals surface area contributed by atoms with Crippen molar-refractivity contribution < 1.29 is 9.90 Å². The van der Waals surface area contributed by atoms with Gasteiger partial charge in [-0.25, -0.2) is 4.79 Å². The molecule has 23 heavy (non-hydrogen) atoms. The van der Waals surface area contributed by atoms with Crippen LogP contribution in [0.5, 0.6) is 0 Å². The standard InChI is InChI=1S/C19H16N2O2/c1-13(17-8-4-6-14-5-2-3-7-18(14)17)20-21-16-11-9-15(10-12-16)19(22)23/h2-12,21H,1H3,(H,22,23)/b20-13+. The molecule has 0 unspecified atom stereocenters. The van der Waals surface area contributed by atoms with Crippen molar-refractivity contribution in [3.63, 3.8) is 0 Å². The average molecular weight is 304 g/mol. The topological polar surface area (TPSA) is 61.7 Å². The minimum Gasteiger partial charge on any atom is -0.478 e. The molecule has 4 nitrogen and oxygen atoms in total. The van der Waals surface area contributed by atoms with E-state index in [1.165, 1.54) is 5.39 Å². The van der Waals surface area contributed by atoms with Gasteiger partial charge in [-0.15, -0.1) is 0 Å². The Bertz CT molecular complexity index is 878. The number of anilines is 1. The molecule has 3 rings (SSSR count). The van der Waals surface area contributed by atoms with Crippen LogP contribution < -0.4 is 5.43 Å². The molecule has 114 valence electrons. The van der Waals surface area contributed by atoms with Crippen molar-refractivity contribution in [1.82, 2.24) is 0 Å². The fourth-order valence-electron chi connectivity index (χ4n) is 2.44. The van der Waals surface area contributed by atoms with E-state index in [1.54, 1.807) is 24.3 Å². The van der Waals surface area contributed by atoms with E-state index in [0.717, 1.165) is 22.3 Å². The van der Waals surface area contributed by atoms with Crippen LogP contribution in [0.1, 0.15) is 22.8 Å². The molecule has 0 heterocycles. The number of carboxylic acids is 1. The lowest BCUT2D eigenvalue weighted by Crippen LogP contribution is -2.01. The van der Waals surface area contributed by atoms with E-state index in [4.69, 9.17) is 5.11 Å². The van der Waals surface area contributed by atoms with Crippen molar-refractivity contribution in [2.24, 2.45) is 5.10 Å². The monoisotopic (exact) mass is 304 g/mol. The summed E-state index contributed by atoms with van der Waals surface area (Å²) in [5.74, 6) is -0.938. The van der Waals surface area contributed by atoms with E-state index in [-0.39, 0.29) is 5.56 Å². The number of nitrogens with zero attached hydrogens (tertiary/aromatic N) is 1. The average Bonchev–Trinajstić information content (AvgIpc) is 2.59. The molecule has 0 saturated heterocycles. The van der Waals surface area contributed by atoms with Gasteiger partial charge in [-0.1, -0.05) is 42.5 Å². The van der Waals surface area contributed by atoms with Gasteiger partial charge in [0.05, 0.1) is 17.0 Å². The Hall–Kier alpha value is -3.14. The highest BCUT2D eigenvalue weighted by atomic mass is 16.4. The van der Waals surface area contributed by atoms with Crippen LogP contribution in [0.3, 0.4) is 0 Å². The molecule has 2 N–H and O–H groups in total. The molecule has 0 aliphatic heterocycles. The zero-order valence-electron chi connectivity index (χ0n) is 12.7. The molecule has 0 radical (unpaired) electrons. The van der Waals surface area contributed by atoms with Crippen LogP contribution in [0.2, 0.25) is 0 Å². The van der Waals surface area contributed by atoms with E-state index < -0.39 is 5.97 Å². The minimum absolute atomic E-state index is 0.255. The second-order valence-corrected chi connectivity index (χ2v) is 5.22. The molecule has 4 heteroatoms. The van der Waals surface area contributed by atoms with Gasteiger partial charge in [-0.05, 0) is 42.0 Å². The first-order valence-electron chi connectivity index (χ1n) is 7.27. The molecule has 0 aromatic heterocycles. The van der Waals surface area contributed by atoms with Crippen molar-refractivity contribution >= 4 is 28.1 Å². The Morgan fingerprint density at radius 3 is 2.39 bits per heavy atom. The van der Waals surface area contributed by atoms with Gasteiger partial charge in [-0.2, -0.15) is 5.10 Å². The van der Waals surface area contributed by atoms with Gasteiger partial charge in [-0.3, -0.25) is 5.43 Å². The van der Waals surface area contributed by atoms with Crippen molar-refractivity contribution in [1.29, 1.82) is 0 Å². The predicted octanol–water partition coefficient (Wildman–Crippen LogP) is 4.37. The predicted molar refractivity (Wildman–Crippen MR) is 93.2 cm³/mol. The molecule has 0 saturated carbocycles. The number of benzene rings is 3. The SMILES string of the molecule is C/C(=N\Nc1ccc(C(=O)O)cc1)c1cccc2ccccc12. The summed E-state index contributed by atoms with van der Waals surface area (Å²) in [6.45, 7) is 1.94. The number of hydrogen-bond acceptors (Lipinski definition) is 3. The van der Waals surface area contributed by atoms with Crippen molar-refractivity contribution in [2.75, 3.05) is 5.43 Å². The van der Waals surface area contributed by atoms with E-state index in [2.05, 4.69) is 28.7 Å². The van der Waals surface area contributed by atoms with Crippen LogP contribution in [0.25, 0.3) is 10.8 Å². The molecule has 0 atom stereocenters. The summed E-state index contributed by atoms with van der Waals surface area (Å²) in [7, 11) is 0. The molecule has 0 amide bonds. The number of aromatic carboxylic acids is 1. The number of fused-ring (bicyclic) bond motifs is 1. The van der Waals surface area contributed by atoms with Gasteiger partial charge in [0.2, 0.25) is 0 Å². The van der Waals surface area contributed by atoms with E-state index in [9.17, 15) is 4.79 Å². The maximum atomic E-state index is 10.8. The van der Waals surface area contributed by atoms with Gasteiger partial charge in [0, 0.05) is 5.56 Å². The molecule has 3 aromatic carbocycles. The molecule has 0 spiro atoms. The van der Waals surface area contributed by atoms with Crippen molar-refractivity contribution in [2.45, 2.75) is 6.92 Å². The van der Waals surface area contributed by atoms with Crippen LogP contribution in [0, 0.1) is 0 Å². The van der Waals surface area contributed by atoms with Gasteiger partial charge in [0.15, 0.2) is 0 Å². The number of hydrazone groups is 1. The summed E-state index contributed by atoms with van der Waals surface area (Å²) in [6, 6.07) is 20.8. The normalized spacial score (nSPS) is 11.4. The first kappa shape index (κ1) is 14.8. The number of carbonyl (C=O) groups is 1.